The molecule has 1 fully saturated rings. The van der Waals surface area contributed by atoms with E-state index >= 15 is 0 Å². The van der Waals surface area contributed by atoms with Crippen molar-refractivity contribution < 1.29 is 18.0 Å². The predicted molar refractivity (Wildman–Crippen MR) is 146 cm³/mol. The Morgan fingerprint density at radius 1 is 0.947 bits per heavy atom. The van der Waals surface area contributed by atoms with Crippen molar-refractivity contribution in [2.24, 2.45) is 0 Å². The Hall–Kier alpha value is -3.24. The highest BCUT2D eigenvalue weighted by atomic mass is 35.5. The topological polar surface area (TPSA) is 98.8 Å². The molecule has 2 amide bonds. The average molecular weight is 553 g/mol. The lowest BCUT2D eigenvalue weighted by atomic mass is 10.1. The Balaban J connectivity index is 1.44. The van der Waals surface area contributed by atoms with Crippen molar-refractivity contribution in [2.75, 3.05) is 31.2 Å². The van der Waals surface area contributed by atoms with Gasteiger partial charge in [-0.25, -0.2) is 18.9 Å². The van der Waals surface area contributed by atoms with Gasteiger partial charge in [-0.1, -0.05) is 35.9 Å². The zero-order valence-electron chi connectivity index (χ0n) is 20.8. The fourth-order valence-corrected chi connectivity index (χ4v) is 6.70. The van der Waals surface area contributed by atoms with Crippen LogP contribution in [0, 0.1) is 0 Å². The Morgan fingerprint density at radius 2 is 1.74 bits per heavy atom. The van der Waals surface area contributed by atoms with Crippen LogP contribution in [0.15, 0.2) is 76.5 Å². The molecule has 0 spiro atoms. The second-order valence-corrected chi connectivity index (χ2v) is 11.8. The van der Waals surface area contributed by atoms with Gasteiger partial charge in [-0.05, 0) is 86.9 Å². The number of halogens is 1. The molecule has 0 saturated carbocycles. The van der Waals surface area contributed by atoms with Crippen LogP contribution in [-0.2, 0) is 16.4 Å². The number of hydrazine groups is 1. The SMILES string of the molecule is O=C(NCCCN1CCCC1)c1ccc2c(c1)N(NCc1cccc(Cl)c1)C(=O)c1ccccc1S2(=O)=O. The number of benzene rings is 3. The van der Waals surface area contributed by atoms with E-state index in [4.69, 9.17) is 11.6 Å². The Kier molecular flexibility index (Phi) is 7.80. The first-order valence-electron chi connectivity index (χ1n) is 12.7. The van der Waals surface area contributed by atoms with Gasteiger partial charge in [-0.3, -0.25) is 9.59 Å². The van der Waals surface area contributed by atoms with E-state index in [-0.39, 0.29) is 39.1 Å². The molecule has 2 aliphatic rings. The van der Waals surface area contributed by atoms with Crippen molar-refractivity contribution in [1.82, 2.24) is 15.6 Å². The number of sulfone groups is 1. The van der Waals surface area contributed by atoms with Crippen LogP contribution in [0.25, 0.3) is 0 Å². The van der Waals surface area contributed by atoms with Crippen LogP contribution in [-0.4, -0.2) is 51.3 Å². The summed E-state index contributed by atoms with van der Waals surface area (Å²) in [5.41, 5.74) is 4.29. The van der Waals surface area contributed by atoms with Crippen LogP contribution in [0.2, 0.25) is 5.02 Å². The first-order valence-corrected chi connectivity index (χ1v) is 14.5. The molecule has 2 heterocycles. The zero-order chi connectivity index (χ0) is 26.7. The minimum absolute atomic E-state index is 0.0511. The first-order chi connectivity index (χ1) is 18.3. The highest BCUT2D eigenvalue weighted by Gasteiger charge is 2.36. The highest BCUT2D eigenvalue weighted by Crippen LogP contribution is 2.36. The summed E-state index contributed by atoms with van der Waals surface area (Å²) in [7, 11) is -4.03. The van der Waals surface area contributed by atoms with Gasteiger partial charge < -0.3 is 10.2 Å². The quantitative estimate of drug-likeness (QED) is 0.409. The van der Waals surface area contributed by atoms with Crippen molar-refractivity contribution in [3.8, 4) is 0 Å². The van der Waals surface area contributed by atoms with E-state index in [0.717, 1.165) is 31.6 Å². The van der Waals surface area contributed by atoms with Crippen LogP contribution in [0.1, 0.15) is 45.5 Å². The Labute approximate surface area is 227 Å². The number of hydrogen-bond donors (Lipinski definition) is 2. The van der Waals surface area contributed by atoms with E-state index in [1.807, 2.05) is 6.07 Å². The smallest absolute Gasteiger partial charge is 0.274 e. The summed E-state index contributed by atoms with van der Waals surface area (Å²) < 4.78 is 27.2. The maximum absolute atomic E-state index is 13.7. The molecular formula is C28H29ClN4O4S. The molecule has 0 atom stereocenters. The Morgan fingerprint density at radius 3 is 2.53 bits per heavy atom. The fourth-order valence-electron chi connectivity index (χ4n) is 4.87. The maximum atomic E-state index is 13.7. The van der Waals surface area contributed by atoms with Gasteiger partial charge in [0.25, 0.3) is 11.8 Å². The summed E-state index contributed by atoms with van der Waals surface area (Å²) in [5, 5.41) is 4.68. The van der Waals surface area contributed by atoms with E-state index in [0.29, 0.717) is 11.6 Å². The number of carbonyl (C=O) groups excluding carboxylic acids is 2. The van der Waals surface area contributed by atoms with Crippen LogP contribution in [0.5, 0.6) is 0 Å². The maximum Gasteiger partial charge on any atom is 0.274 e. The highest BCUT2D eigenvalue weighted by molar-refractivity contribution is 7.91. The van der Waals surface area contributed by atoms with E-state index in [1.54, 1.807) is 30.3 Å². The molecule has 3 aromatic carbocycles. The summed E-state index contributed by atoms with van der Waals surface area (Å²) in [6.45, 7) is 3.84. The number of likely N-dealkylation sites (tertiary alicyclic amines) is 1. The van der Waals surface area contributed by atoms with Gasteiger partial charge >= 0.3 is 0 Å². The summed E-state index contributed by atoms with van der Waals surface area (Å²) in [4.78, 5) is 28.9. The van der Waals surface area contributed by atoms with Crippen molar-refractivity contribution in [2.45, 2.75) is 35.6 Å². The van der Waals surface area contributed by atoms with Crippen LogP contribution in [0.3, 0.4) is 0 Å². The second kappa shape index (κ2) is 11.2. The minimum Gasteiger partial charge on any atom is -0.352 e. The lowest BCUT2D eigenvalue weighted by molar-refractivity contribution is 0.0946. The largest absolute Gasteiger partial charge is 0.352 e. The van der Waals surface area contributed by atoms with Crippen molar-refractivity contribution in [3.63, 3.8) is 0 Å². The lowest BCUT2D eigenvalue weighted by Crippen LogP contribution is -2.43. The summed E-state index contributed by atoms with van der Waals surface area (Å²) >= 11 is 6.12. The molecule has 198 valence electrons. The number of nitrogens with one attached hydrogen (secondary N) is 2. The molecule has 10 heteroatoms. The van der Waals surface area contributed by atoms with Gasteiger partial charge in [0.1, 0.15) is 0 Å². The number of nitrogens with zero attached hydrogens (tertiary/aromatic N) is 2. The van der Waals surface area contributed by atoms with Crippen LogP contribution >= 0.6 is 11.6 Å². The first kappa shape index (κ1) is 26.4. The normalized spacial score (nSPS) is 16.6. The summed E-state index contributed by atoms with van der Waals surface area (Å²) in [5.74, 6) is -0.858. The van der Waals surface area contributed by atoms with Crippen LogP contribution < -0.4 is 15.8 Å². The predicted octanol–water partition coefficient (Wildman–Crippen LogP) is 4.05. The van der Waals surface area contributed by atoms with Crippen molar-refractivity contribution in [3.05, 3.63) is 88.4 Å². The average Bonchev–Trinajstić information content (AvgIpc) is 3.42. The number of fused-ring (bicyclic) bond motifs is 2. The van der Waals surface area contributed by atoms with E-state index in [2.05, 4.69) is 15.6 Å². The molecule has 0 aliphatic carbocycles. The molecule has 0 bridgehead atoms. The second-order valence-electron chi connectivity index (χ2n) is 9.45. The molecule has 5 rings (SSSR count). The third kappa shape index (κ3) is 5.47. The molecule has 2 N–H and O–H groups in total. The number of rotatable bonds is 8. The standard InChI is InChI=1S/C28H29ClN4O4S/c29-22-8-5-7-20(17-22)19-31-33-24-18-21(27(34)30-13-6-16-32-14-3-4-15-32)11-12-26(24)38(36,37)25-10-2-1-9-23(25)28(33)35/h1-2,5,7-12,17-18,31H,3-4,6,13-16,19H2,(H,30,34). The van der Waals surface area contributed by atoms with Crippen molar-refractivity contribution >= 4 is 38.9 Å². The van der Waals surface area contributed by atoms with Crippen molar-refractivity contribution in [1.29, 1.82) is 0 Å². The third-order valence-corrected chi connectivity index (χ3v) is 8.92. The van der Waals surface area contributed by atoms with Gasteiger partial charge in [0.2, 0.25) is 9.84 Å². The third-order valence-electron chi connectivity index (χ3n) is 6.83. The van der Waals surface area contributed by atoms with Gasteiger partial charge in [0.15, 0.2) is 0 Å². The fraction of sp³-hybridized carbons (Fsp3) is 0.286. The molecule has 3 aromatic rings. The van der Waals surface area contributed by atoms with Gasteiger partial charge in [-0.15, -0.1) is 0 Å². The van der Waals surface area contributed by atoms with E-state index in [1.165, 1.54) is 48.2 Å². The molecule has 38 heavy (non-hydrogen) atoms. The van der Waals surface area contributed by atoms with Gasteiger partial charge in [0, 0.05) is 23.7 Å². The van der Waals surface area contributed by atoms with E-state index < -0.39 is 15.7 Å². The minimum atomic E-state index is -4.03. The van der Waals surface area contributed by atoms with E-state index in [9.17, 15) is 18.0 Å². The lowest BCUT2D eigenvalue weighted by Gasteiger charge is -2.24. The summed E-state index contributed by atoms with van der Waals surface area (Å²) in [6.07, 6.45) is 3.26. The Bertz CT molecular complexity index is 1470. The molecule has 2 aliphatic heterocycles. The van der Waals surface area contributed by atoms with Gasteiger partial charge in [-0.2, -0.15) is 0 Å². The monoisotopic (exact) mass is 552 g/mol. The molecule has 0 unspecified atom stereocenters. The molecule has 0 radical (unpaired) electrons. The number of anilines is 1. The molecule has 8 nitrogen and oxygen atoms in total. The number of hydrogen-bond acceptors (Lipinski definition) is 6. The van der Waals surface area contributed by atoms with Gasteiger partial charge in [0.05, 0.1) is 21.0 Å². The molecule has 1 saturated heterocycles. The number of amides is 2. The number of carbonyl (C=O) groups is 2. The summed E-state index contributed by atoms with van der Waals surface area (Å²) in [6, 6.07) is 17.6. The molecular weight excluding hydrogens is 524 g/mol. The van der Waals surface area contributed by atoms with Crippen LogP contribution in [0.4, 0.5) is 5.69 Å². The molecule has 0 aromatic heterocycles. The zero-order valence-corrected chi connectivity index (χ0v) is 22.4.